The summed E-state index contributed by atoms with van der Waals surface area (Å²) in [4.78, 5) is 4.52. The quantitative estimate of drug-likeness (QED) is 0.644. The second kappa shape index (κ2) is 6.78. The minimum Gasteiger partial charge on any atom is -0.468 e. The van der Waals surface area contributed by atoms with Crippen molar-refractivity contribution in [3.63, 3.8) is 0 Å². The number of aromatic nitrogens is 1. The van der Waals surface area contributed by atoms with Crippen LogP contribution < -0.4 is 5.32 Å². The molecular weight excluding hydrogens is 256 g/mol. The molecule has 19 heavy (non-hydrogen) atoms. The molecule has 0 aromatic carbocycles. The van der Waals surface area contributed by atoms with Gasteiger partial charge >= 0.3 is 0 Å². The molecule has 0 bridgehead atoms. The highest BCUT2D eigenvalue weighted by atomic mass is 32.2. The lowest BCUT2D eigenvalue weighted by Crippen LogP contribution is -2.20. The van der Waals surface area contributed by atoms with Crippen molar-refractivity contribution in [3.8, 4) is 0 Å². The summed E-state index contributed by atoms with van der Waals surface area (Å²) in [7, 11) is 0. The molecule has 0 saturated heterocycles. The number of hydrogen-bond donors (Lipinski definition) is 1. The van der Waals surface area contributed by atoms with Crippen molar-refractivity contribution in [1.82, 2.24) is 10.3 Å². The molecule has 0 aliphatic rings. The van der Waals surface area contributed by atoms with E-state index < -0.39 is 0 Å². The van der Waals surface area contributed by atoms with E-state index in [1.807, 2.05) is 19.1 Å². The van der Waals surface area contributed by atoms with Crippen molar-refractivity contribution in [2.75, 3.05) is 12.3 Å². The summed E-state index contributed by atoms with van der Waals surface area (Å²) in [6, 6.07) is 8.40. The van der Waals surface area contributed by atoms with Gasteiger partial charge in [-0.25, -0.2) is 4.98 Å². The molecule has 2 aromatic rings. The Labute approximate surface area is 118 Å². The predicted octanol–water partition coefficient (Wildman–Crippen LogP) is 3.73. The lowest BCUT2D eigenvalue weighted by Gasteiger charge is -2.11. The van der Waals surface area contributed by atoms with Crippen LogP contribution in [0.15, 0.2) is 40.0 Å². The van der Waals surface area contributed by atoms with Crippen LogP contribution in [-0.2, 0) is 0 Å². The van der Waals surface area contributed by atoms with E-state index in [1.54, 1.807) is 18.0 Å². The second-order valence-electron chi connectivity index (χ2n) is 4.66. The van der Waals surface area contributed by atoms with Crippen molar-refractivity contribution >= 4 is 11.8 Å². The molecule has 2 aromatic heterocycles. The van der Waals surface area contributed by atoms with Crippen molar-refractivity contribution in [2.45, 2.75) is 31.8 Å². The van der Waals surface area contributed by atoms with Crippen LogP contribution in [0.5, 0.6) is 0 Å². The second-order valence-corrected chi connectivity index (χ2v) is 5.78. The normalized spacial score (nSPS) is 12.6. The number of thioether (sulfide) groups is 1. The summed E-state index contributed by atoms with van der Waals surface area (Å²) in [6.45, 7) is 7.18. The van der Waals surface area contributed by atoms with E-state index in [-0.39, 0.29) is 6.04 Å². The van der Waals surface area contributed by atoms with Gasteiger partial charge in [-0.05, 0) is 50.6 Å². The van der Waals surface area contributed by atoms with Gasteiger partial charge in [0.05, 0.1) is 17.3 Å². The van der Waals surface area contributed by atoms with E-state index >= 15 is 0 Å². The number of aryl methyl sites for hydroxylation is 2. The number of furan rings is 1. The molecule has 2 rings (SSSR count). The fourth-order valence-corrected chi connectivity index (χ4v) is 2.85. The number of nitrogens with zero attached hydrogens (tertiary/aromatic N) is 1. The summed E-state index contributed by atoms with van der Waals surface area (Å²) in [6.07, 6.45) is 1.71. The van der Waals surface area contributed by atoms with Crippen LogP contribution in [0.4, 0.5) is 0 Å². The van der Waals surface area contributed by atoms with Gasteiger partial charge in [0.2, 0.25) is 0 Å². The largest absolute Gasteiger partial charge is 0.468 e. The highest BCUT2D eigenvalue weighted by Gasteiger charge is 2.06. The monoisotopic (exact) mass is 276 g/mol. The Morgan fingerprint density at radius 3 is 2.89 bits per heavy atom. The van der Waals surface area contributed by atoms with E-state index in [2.05, 4.69) is 36.3 Å². The summed E-state index contributed by atoms with van der Waals surface area (Å²) in [5.74, 6) is 1.98. The number of hydrogen-bond acceptors (Lipinski definition) is 4. The summed E-state index contributed by atoms with van der Waals surface area (Å²) in [5, 5.41) is 4.54. The molecule has 2 heterocycles. The van der Waals surface area contributed by atoms with Gasteiger partial charge in [-0.3, -0.25) is 0 Å². The lowest BCUT2D eigenvalue weighted by atomic mass is 10.2. The fraction of sp³-hybridized carbons (Fsp3) is 0.400. The number of pyridine rings is 1. The van der Waals surface area contributed by atoms with Gasteiger partial charge in [0.1, 0.15) is 5.76 Å². The van der Waals surface area contributed by atoms with E-state index in [0.29, 0.717) is 0 Å². The molecule has 0 saturated carbocycles. The van der Waals surface area contributed by atoms with Crippen LogP contribution in [0, 0.1) is 13.8 Å². The van der Waals surface area contributed by atoms with Crippen molar-refractivity contribution < 1.29 is 4.42 Å². The van der Waals surface area contributed by atoms with Crippen LogP contribution >= 0.6 is 11.8 Å². The van der Waals surface area contributed by atoms with Gasteiger partial charge in [0, 0.05) is 18.0 Å². The maximum Gasteiger partial charge on any atom is 0.120 e. The lowest BCUT2D eigenvalue weighted by molar-refractivity contribution is 0.438. The Balaban J connectivity index is 1.75. The average Bonchev–Trinajstić information content (AvgIpc) is 2.87. The average molecular weight is 276 g/mol. The Kier molecular flexibility index (Phi) is 5.05. The third-order valence-corrected chi connectivity index (χ3v) is 3.76. The third-order valence-electron chi connectivity index (χ3n) is 2.85. The minimum atomic E-state index is 0.253. The van der Waals surface area contributed by atoms with Crippen LogP contribution in [0.2, 0.25) is 0 Å². The van der Waals surface area contributed by atoms with E-state index in [0.717, 1.165) is 28.8 Å². The van der Waals surface area contributed by atoms with Crippen LogP contribution in [0.1, 0.15) is 30.0 Å². The molecular formula is C15H20N2OS. The molecule has 0 spiro atoms. The van der Waals surface area contributed by atoms with E-state index in [1.165, 1.54) is 5.56 Å². The van der Waals surface area contributed by atoms with E-state index in [4.69, 9.17) is 4.42 Å². The van der Waals surface area contributed by atoms with Crippen molar-refractivity contribution in [2.24, 2.45) is 0 Å². The fourth-order valence-electron chi connectivity index (χ4n) is 1.95. The Morgan fingerprint density at radius 2 is 2.21 bits per heavy atom. The number of rotatable bonds is 6. The minimum absolute atomic E-state index is 0.253. The molecule has 3 nitrogen and oxygen atoms in total. The highest BCUT2D eigenvalue weighted by Crippen LogP contribution is 2.18. The third kappa shape index (κ3) is 4.40. The van der Waals surface area contributed by atoms with Crippen LogP contribution in [-0.4, -0.2) is 17.3 Å². The molecule has 4 heteroatoms. The van der Waals surface area contributed by atoms with Gasteiger partial charge in [0.25, 0.3) is 0 Å². The first-order chi connectivity index (χ1) is 9.15. The Hall–Kier alpha value is -1.26. The van der Waals surface area contributed by atoms with Gasteiger partial charge in [-0.2, -0.15) is 0 Å². The van der Waals surface area contributed by atoms with Crippen molar-refractivity contribution in [1.29, 1.82) is 0 Å². The first-order valence-corrected chi connectivity index (χ1v) is 7.48. The van der Waals surface area contributed by atoms with Gasteiger partial charge in [-0.15, -0.1) is 11.8 Å². The summed E-state index contributed by atoms with van der Waals surface area (Å²) < 4.78 is 5.36. The first-order valence-electron chi connectivity index (χ1n) is 6.50. The standard InChI is InChI=1S/C15H20N2OS/c1-11-9-12(2)17-15(10-11)19-8-6-16-13(3)14-5-4-7-18-14/h4-5,7,9-10,13,16H,6,8H2,1-3H3. The zero-order valence-corrected chi connectivity index (χ0v) is 12.5. The first kappa shape index (κ1) is 14.2. The molecule has 0 radical (unpaired) electrons. The van der Waals surface area contributed by atoms with Gasteiger partial charge in [-0.1, -0.05) is 0 Å². The summed E-state index contributed by atoms with van der Waals surface area (Å²) in [5.41, 5.74) is 2.35. The molecule has 1 unspecified atom stereocenters. The Morgan fingerprint density at radius 1 is 1.37 bits per heavy atom. The van der Waals surface area contributed by atoms with Gasteiger partial charge < -0.3 is 9.73 Å². The number of nitrogens with one attached hydrogen (secondary N) is 1. The SMILES string of the molecule is Cc1cc(C)nc(SCCNC(C)c2ccco2)c1. The molecule has 1 N–H and O–H groups in total. The molecule has 102 valence electrons. The highest BCUT2D eigenvalue weighted by molar-refractivity contribution is 7.99. The van der Waals surface area contributed by atoms with Gasteiger partial charge in [0.15, 0.2) is 0 Å². The van der Waals surface area contributed by atoms with Crippen LogP contribution in [0.3, 0.4) is 0 Å². The molecule has 0 aliphatic heterocycles. The molecule has 0 aliphatic carbocycles. The topological polar surface area (TPSA) is 38.1 Å². The molecule has 0 fully saturated rings. The van der Waals surface area contributed by atoms with Crippen molar-refractivity contribution in [3.05, 3.63) is 47.5 Å². The maximum absolute atomic E-state index is 5.36. The summed E-state index contributed by atoms with van der Waals surface area (Å²) >= 11 is 1.78. The predicted molar refractivity (Wildman–Crippen MR) is 79.6 cm³/mol. The zero-order chi connectivity index (χ0) is 13.7. The Bertz CT molecular complexity index is 491. The maximum atomic E-state index is 5.36. The molecule has 1 atom stereocenters. The van der Waals surface area contributed by atoms with Crippen LogP contribution in [0.25, 0.3) is 0 Å². The molecule has 0 amide bonds. The zero-order valence-electron chi connectivity index (χ0n) is 11.6. The smallest absolute Gasteiger partial charge is 0.120 e. The van der Waals surface area contributed by atoms with E-state index in [9.17, 15) is 0 Å².